The van der Waals surface area contributed by atoms with Crippen LogP contribution in [0.3, 0.4) is 0 Å². The van der Waals surface area contributed by atoms with Crippen LogP contribution < -0.4 is 0 Å². The van der Waals surface area contributed by atoms with E-state index in [4.69, 9.17) is 0 Å². The highest BCUT2D eigenvalue weighted by molar-refractivity contribution is 5.27. The summed E-state index contributed by atoms with van der Waals surface area (Å²) in [4.78, 5) is 0. The van der Waals surface area contributed by atoms with Crippen LogP contribution in [0.1, 0.15) is 70.8 Å². The maximum absolute atomic E-state index is 2.67. The number of aryl methyl sites for hydroxylation is 1. The molecule has 0 aliphatic heterocycles. The molecule has 0 aromatic heterocycles. The molecule has 0 saturated heterocycles. The van der Waals surface area contributed by atoms with Gasteiger partial charge in [-0.05, 0) is 97.9 Å². The molecule has 0 heteroatoms. The molecule has 1 aromatic carbocycles. The highest BCUT2D eigenvalue weighted by atomic mass is 14.6. The van der Waals surface area contributed by atoms with Crippen LogP contribution in [0.25, 0.3) is 0 Å². The Bertz CT molecular complexity index is 741. The Morgan fingerprint density at radius 1 is 0.889 bits per heavy atom. The zero-order valence-electron chi connectivity index (χ0n) is 17.3. The SMILES string of the molecule is C[C@]12CC=CC[C@H]1CC[C@H]1[C@H]2CC[C@]2(C)C(CCc3ccccc3)=CC[C@@H]12. The Kier molecular flexibility index (Phi) is 4.37. The highest BCUT2D eigenvalue weighted by Crippen LogP contribution is 2.66. The van der Waals surface area contributed by atoms with Crippen molar-refractivity contribution in [3.63, 3.8) is 0 Å². The monoisotopic (exact) mass is 360 g/mol. The van der Waals surface area contributed by atoms with Gasteiger partial charge in [0.15, 0.2) is 0 Å². The molecule has 4 aliphatic carbocycles. The Morgan fingerprint density at radius 3 is 2.59 bits per heavy atom. The molecule has 2 saturated carbocycles. The van der Waals surface area contributed by atoms with E-state index in [2.05, 4.69) is 62.4 Å². The zero-order chi connectivity index (χ0) is 18.5. The number of rotatable bonds is 3. The Balaban J connectivity index is 1.34. The number of hydrogen-bond acceptors (Lipinski definition) is 0. The van der Waals surface area contributed by atoms with E-state index in [1.165, 1.54) is 63.4 Å². The summed E-state index contributed by atoms with van der Waals surface area (Å²) in [6.07, 6.45) is 20.1. The first kappa shape index (κ1) is 17.8. The van der Waals surface area contributed by atoms with Gasteiger partial charge in [0.25, 0.3) is 0 Å². The quantitative estimate of drug-likeness (QED) is 0.494. The van der Waals surface area contributed by atoms with Gasteiger partial charge in [-0.15, -0.1) is 0 Å². The van der Waals surface area contributed by atoms with Crippen LogP contribution in [-0.4, -0.2) is 0 Å². The molecule has 0 heterocycles. The molecular weight excluding hydrogens is 324 g/mol. The van der Waals surface area contributed by atoms with Gasteiger partial charge < -0.3 is 0 Å². The lowest BCUT2D eigenvalue weighted by molar-refractivity contribution is -0.0827. The van der Waals surface area contributed by atoms with Crippen LogP contribution in [-0.2, 0) is 6.42 Å². The van der Waals surface area contributed by atoms with Crippen LogP contribution in [0.5, 0.6) is 0 Å². The Hall–Kier alpha value is -1.30. The van der Waals surface area contributed by atoms with Gasteiger partial charge >= 0.3 is 0 Å². The van der Waals surface area contributed by atoms with E-state index < -0.39 is 0 Å². The van der Waals surface area contributed by atoms with Gasteiger partial charge in [-0.2, -0.15) is 0 Å². The second kappa shape index (κ2) is 6.64. The van der Waals surface area contributed by atoms with Crippen molar-refractivity contribution in [3.8, 4) is 0 Å². The molecule has 0 N–H and O–H groups in total. The fourth-order valence-corrected chi connectivity index (χ4v) is 7.81. The second-order valence-electron chi connectivity index (χ2n) is 10.5. The van der Waals surface area contributed by atoms with Gasteiger partial charge in [-0.3, -0.25) is 0 Å². The maximum Gasteiger partial charge on any atom is -0.00822 e. The fraction of sp³-hybridized carbons (Fsp3) is 0.630. The third kappa shape index (κ3) is 2.78. The largest absolute Gasteiger partial charge is 0.0882 e. The summed E-state index contributed by atoms with van der Waals surface area (Å²) in [6.45, 7) is 5.28. The molecule has 5 rings (SSSR count). The lowest BCUT2D eigenvalue weighted by Crippen LogP contribution is -2.51. The van der Waals surface area contributed by atoms with Gasteiger partial charge in [0.1, 0.15) is 0 Å². The highest BCUT2D eigenvalue weighted by Gasteiger charge is 2.57. The van der Waals surface area contributed by atoms with Crippen molar-refractivity contribution in [1.82, 2.24) is 0 Å². The van der Waals surface area contributed by atoms with Crippen LogP contribution in [0.4, 0.5) is 0 Å². The molecule has 0 amide bonds. The van der Waals surface area contributed by atoms with Crippen molar-refractivity contribution in [2.24, 2.45) is 34.5 Å². The van der Waals surface area contributed by atoms with Gasteiger partial charge in [0.2, 0.25) is 0 Å². The first-order chi connectivity index (χ1) is 13.1. The van der Waals surface area contributed by atoms with Crippen molar-refractivity contribution in [1.29, 1.82) is 0 Å². The molecule has 0 unspecified atom stereocenters. The van der Waals surface area contributed by atoms with Crippen molar-refractivity contribution in [3.05, 3.63) is 59.7 Å². The summed E-state index contributed by atoms with van der Waals surface area (Å²) < 4.78 is 0. The number of hydrogen-bond donors (Lipinski definition) is 0. The molecule has 2 fully saturated rings. The molecule has 144 valence electrons. The first-order valence-corrected chi connectivity index (χ1v) is 11.5. The second-order valence-corrected chi connectivity index (χ2v) is 10.5. The predicted octanol–water partition coefficient (Wildman–Crippen LogP) is 7.36. The van der Waals surface area contributed by atoms with E-state index in [1.54, 1.807) is 5.57 Å². The Morgan fingerprint density at radius 2 is 1.74 bits per heavy atom. The Labute approximate surface area is 166 Å². The maximum atomic E-state index is 2.67. The third-order valence-corrected chi connectivity index (χ3v) is 9.48. The predicted molar refractivity (Wildman–Crippen MR) is 114 cm³/mol. The van der Waals surface area contributed by atoms with E-state index in [1.807, 2.05) is 0 Å². The minimum Gasteiger partial charge on any atom is -0.0882 e. The van der Waals surface area contributed by atoms with Crippen molar-refractivity contribution in [2.75, 3.05) is 0 Å². The minimum atomic E-state index is 0.490. The van der Waals surface area contributed by atoms with E-state index in [0.29, 0.717) is 10.8 Å². The minimum absolute atomic E-state index is 0.490. The van der Waals surface area contributed by atoms with Crippen LogP contribution >= 0.6 is 0 Å². The van der Waals surface area contributed by atoms with Crippen LogP contribution in [0.15, 0.2) is 54.1 Å². The summed E-state index contributed by atoms with van der Waals surface area (Å²) in [5.41, 5.74) is 4.38. The molecule has 27 heavy (non-hydrogen) atoms. The summed E-state index contributed by atoms with van der Waals surface area (Å²) in [7, 11) is 0. The van der Waals surface area contributed by atoms with Gasteiger partial charge in [-0.1, -0.05) is 68.0 Å². The lowest BCUT2D eigenvalue weighted by Gasteiger charge is -2.59. The average molecular weight is 361 g/mol. The fourth-order valence-electron chi connectivity index (χ4n) is 7.81. The molecule has 0 spiro atoms. The topological polar surface area (TPSA) is 0 Å². The van der Waals surface area contributed by atoms with Crippen LogP contribution in [0, 0.1) is 34.5 Å². The number of benzene rings is 1. The standard InChI is InChI=1S/C27H36/c1-26-18-7-6-10-21(26)13-15-23-24-16-14-22(27(24,2)19-17-25(23)26)12-11-20-8-4-3-5-9-20/h3-9,14,21,23-25H,10-13,15-19H2,1-2H3/t21-,23+,24-,25+,26-,27+/m0/s1. The van der Waals surface area contributed by atoms with Gasteiger partial charge in [-0.25, -0.2) is 0 Å². The molecule has 4 aliphatic rings. The first-order valence-electron chi connectivity index (χ1n) is 11.5. The van der Waals surface area contributed by atoms with E-state index in [9.17, 15) is 0 Å². The average Bonchev–Trinajstić information content (AvgIpc) is 3.03. The smallest absolute Gasteiger partial charge is 0.00822 e. The van der Waals surface area contributed by atoms with Crippen LogP contribution in [0.2, 0.25) is 0 Å². The lowest BCUT2D eigenvalue weighted by atomic mass is 9.45. The summed E-state index contributed by atoms with van der Waals surface area (Å²) in [5.74, 6) is 3.83. The third-order valence-electron chi connectivity index (χ3n) is 9.48. The summed E-state index contributed by atoms with van der Waals surface area (Å²) in [5, 5.41) is 0. The van der Waals surface area contributed by atoms with E-state index >= 15 is 0 Å². The molecule has 0 radical (unpaired) electrons. The van der Waals surface area contributed by atoms with Gasteiger partial charge in [0.05, 0.1) is 0 Å². The molecule has 1 aromatic rings. The molecule has 0 bridgehead atoms. The molecule has 0 nitrogen and oxygen atoms in total. The normalized spacial score (nSPS) is 42.8. The zero-order valence-corrected chi connectivity index (χ0v) is 17.3. The summed E-state index contributed by atoms with van der Waals surface area (Å²) in [6, 6.07) is 11.1. The number of fused-ring (bicyclic) bond motifs is 5. The van der Waals surface area contributed by atoms with E-state index in [-0.39, 0.29) is 0 Å². The van der Waals surface area contributed by atoms with Crippen molar-refractivity contribution in [2.45, 2.75) is 71.6 Å². The van der Waals surface area contributed by atoms with E-state index in [0.717, 1.165) is 23.7 Å². The van der Waals surface area contributed by atoms with Crippen molar-refractivity contribution < 1.29 is 0 Å². The number of allylic oxidation sites excluding steroid dienone is 4. The molecular formula is C27H36. The van der Waals surface area contributed by atoms with Crippen molar-refractivity contribution >= 4 is 0 Å². The summed E-state index contributed by atoms with van der Waals surface area (Å²) >= 11 is 0. The van der Waals surface area contributed by atoms with Gasteiger partial charge in [0, 0.05) is 0 Å². The molecule has 6 atom stereocenters.